The third-order valence-electron chi connectivity index (χ3n) is 4.30. The summed E-state index contributed by atoms with van der Waals surface area (Å²) in [5.41, 5.74) is 2.11. The van der Waals surface area contributed by atoms with Crippen LogP contribution in [0.5, 0.6) is 0 Å². The fourth-order valence-electron chi connectivity index (χ4n) is 2.83. The van der Waals surface area contributed by atoms with E-state index in [0.29, 0.717) is 18.2 Å². The Kier molecular flexibility index (Phi) is 5.83. The molecule has 0 atom stereocenters. The summed E-state index contributed by atoms with van der Waals surface area (Å²) >= 11 is 1.43. The Morgan fingerprint density at radius 2 is 1.82 bits per heavy atom. The fourth-order valence-corrected chi connectivity index (χ4v) is 4.80. The maximum Gasteiger partial charge on any atom is 0.261 e. The molecular weight excluding hydrogens is 394 g/mol. The molecule has 3 aromatic rings. The molecular formula is C20H23N3O3S2. The highest BCUT2D eigenvalue weighted by Crippen LogP contribution is 2.31. The van der Waals surface area contributed by atoms with Gasteiger partial charge in [-0.25, -0.2) is 13.4 Å². The van der Waals surface area contributed by atoms with Crippen molar-refractivity contribution in [2.24, 2.45) is 0 Å². The molecule has 0 aliphatic heterocycles. The molecule has 0 bridgehead atoms. The van der Waals surface area contributed by atoms with Gasteiger partial charge in [-0.05, 0) is 50.8 Å². The summed E-state index contributed by atoms with van der Waals surface area (Å²) in [5.74, 6) is -0.362. The van der Waals surface area contributed by atoms with Crippen molar-refractivity contribution >= 4 is 42.4 Å². The fraction of sp³-hybridized carbons (Fsp3) is 0.300. The number of sulfone groups is 1. The summed E-state index contributed by atoms with van der Waals surface area (Å²) in [6, 6.07) is 12.3. The standard InChI is InChI=1S/C20H23N3O3S2/c1-14-9-10-16-17(13-14)27-20(21-16)23(12-11-22(2)3)19(24)15-7-5-6-8-18(15)28(4,25)26/h5-10,13H,11-12H2,1-4H3. The summed E-state index contributed by atoms with van der Waals surface area (Å²) in [6.45, 7) is 3.04. The van der Waals surface area contributed by atoms with Crippen molar-refractivity contribution in [3.05, 3.63) is 53.6 Å². The third-order valence-corrected chi connectivity index (χ3v) is 6.49. The van der Waals surface area contributed by atoms with Crippen LogP contribution < -0.4 is 4.90 Å². The first-order valence-electron chi connectivity index (χ1n) is 8.79. The minimum Gasteiger partial charge on any atom is -0.308 e. The summed E-state index contributed by atoms with van der Waals surface area (Å²) in [4.78, 5) is 21.6. The van der Waals surface area contributed by atoms with Crippen molar-refractivity contribution in [1.82, 2.24) is 9.88 Å². The number of hydrogen-bond donors (Lipinski definition) is 0. The van der Waals surface area contributed by atoms with Crippen LogP contribution in [0.2, 0.25) is 0 Å². The van der Waals surface area contributed by atoms with Crippen LogP contribution >= 0.6 is 11.3 Å². The topological polar surface area (TPSA) is 70.6 Å². The molecule has 0 radical (unpaired) electrons. The van der Waals surface area contributed by atoms with Crippen molar-refractivity contribution in [2.75, 3.05) is 38.3 Å². The van der Waals surface area contributed by atoms with E-state index in [1.807, 2.05) is 44.1 Å². The third kappa shape index (κ3) is 4.40. The lowest BCUT2D eigenvalue weighted by Gasteiger charge is -2.22. The lowest BCUT2D eigenvalue weighted by molar-refractivity contribution is 0.0982. The number of hydrogen-bond acceptors (Lipinski definition) is 6. The zero-order valence-corrected chi connectivity index (χ0v) is 18.0. The Labute approximate surface area is 169 Å². The number of anilines is 1. The number of thiazole rings is 1. The predicted octanol–water partition coefficient (Wildman–Crippen LogP) is 3.22. The summed E-state index contributed by atoms with van der Waals surface area (Å²) in [7, 11) is 0.320. The number of benzene rings is 2. The van der Waals surface area contributed by atoms with Crippen molar-refractivity contribution in [3.63, 3.8) is 0 Å². The largest absolute Gasteiger partial charge is 0.308 e. The number of aromatic nitrogens is 1. The van der Waals surface area contributed by atoms with Crippen LogP contribution in [-0.4, -0.2) is 57.6 Å². The molecule has 0 saturated carbocycles. The molecule has 0 unspecified atom stereocenters. The van der Waals surface area contributed by atoms with Gasteiger partial charge in [0.05, 0.1) is 20.7 Å². The van der Waals surface area contributed by atoms with Crippen molar-refractivity contribution in [2.45, 2.75) is 11.8 Å². The van der Waals surface area contributed by atoms with Crippen LogP contribution in [0.25, 0.3) is 10.2 Å². The highest BCUT2D eigenvalue weighted by Gasteiger charge is 2.26. The van der Waals surface area contributed by atoms with Crippen LogP contribution in [0.15, 0.2) is 47.4 Å². The number of carbonyl (C=O) groups is 1. The number of fused-ring (bicyclic) bond motifs is 1. The van der Waals surface area contributed by atoms with E-state index >= 15 is 0 Å². The molecule has 2 aromatic carbocycles. The molecule has 148 valence electrons. The maximum absolute atomic E-state index is 13.4. The number of nitrogens with zero attached hydrogens (tertiary/aromatic N) is 3. The van der Waals surface area contributed by atoms with Crippen LogP contribution in [0.4, 0.5) is 5.13 Å². The maximum atomic E-state index is 13.4. The van der Waals surface area contributed by atoms with E-state index in [1.54, 1.807) is 23.1 Å². The molecule has 1 amide bonds. The number of aryl methyl sites for hydroxylation is 1. The highest BCUT2D eigenvalue weighted by atomic mass is 32.2. The van der Waals surface area contributed by atoms with Crippen molar-refractivity contribution in [1.29, 1.82) is 0 Å². The zero-order chi connectivity index (χ0) is 20.5. The number of likely N-dealkylation sites (N-methyl/N-ethyl adjacent to an activating group) is 1. The van der Waals surface area contributed by atoms with Crippen LogP contribution in [0.1, 0.15) is 15.9 Å². The van der Waals surface area contributed by atoms with Gasteiger partial charge in [0.25, 0.3) is 5.91 Å². The van der Waals surface area contributed by atoms with E-state index < -0.39 is 9.84 Å². The molecule has 0 N–H and O–H groups in total. The second kappa shape index (κ2) is 7.98. The Morgan fingerprint density at radius 3 is 2.50 bits per heavy atom. The molecule has 28 heavy (non-hydrogen) atoms. The second-order valence-electron chi connectivity index (χ2n) is 7.00. The minimum atomic E-state index is -3.53. The Bertz CT molecular complexity index is 1120. The first-order valence-corrected chi connectivity index (χ1v) is 11.5. The first-order chi connectivity index (χ1) is 13.2. The van der Waals surface area contributed by atoms with Gasteiger partial charge in [-0.15, -0.1) is 0 Å². The molecule has 6 nitrogen and oxygen atoms in total. The van der Waals surface area contributed by atoms with Crippen molar-refractivity contribution < 1.29 is 13.2 Å². The van der Waals surface area contributed by atoms with E-state index in [0.717, 1.165) is 22.0 Å². The molecule has 0 saturated heterocycles. The van der Waals surface area contributed by atoms with Crippen LogP contribution in [0.3, 0.4) is 0 Å². The second-order valence-corrected chi connectivity index (χ2v) is 9.99. The number of rotatable bonds is 6. The van der Waals surface area contributed by atoms with Gasteiger partial charge in [-0.1, -0.05) is 29.5 Å². The van der Waals surface area contributed by atoms with Crippen LogP contribution in [-0.2, 0) is 9.84 Å². The summed E-state index contributed by atoms with van der Waals surface area (Å²) in [6.07, 6.45) is 1.11. The number of amides is 1. The first kappa shape index (κ1) is 20.4. The van der Waals surface area contributed by atoms with Gasteiger partial charge in [0.1, 0.15) is 0 Å². The summed E-state index contributed by atoms with van der Waals surface area (Å²) in [5, 5.41) is 0.566. The average molecular weight is 418 g/mol. The Morgan fingerprint density at radius 1 is 1.11 bits per heavy atom. The molecule has 3 rings (SSSR count). The lowest BCUT2D eigenvalue weighted by atomic mass is 10.2. The normalized spacial score (nSPS) is 11.9. The summed E-state index contributed by atoms with van der Waals surface area (Å²) < 4.78 is 25.3. The highest BCUT2D eigenvalue weighted by molar-refractivity contribution is 7.90. The van der Waals surface area contributed by atoms with Crippen molar-refractivity contribution in [3.8, 4) is 0 Å². The van der Waals surface area contributed by atoms with Gasteiger partial charge in [-0.2, -0.15) is 0 Å². The minimum absolute atomic E-state index is 0.0341. The van der Waals surface area contributed by atoms with Gasteiger partial charge in [0.2, 0.25) is 0 Å². The van der Waals surface area contributed by atoms with E-state index in [-0.39, 0.29) is 16.4 Å². The monoisotopic (exact) mass is 417 g/mol. The SMILES string of the molecule is Cc1ccc2nc(N(CCN(C)C)C(=O)c3ccccc3S(C)(=O)=O)sc2c1. The lowest BCUT2D eigenvalue weighted by Crippen LogP contribution is -2.37. The van der Waals surface area contributed by atoms with E-state index in [1.165, 1.54) is 17.4 Å². The molecule has 8 heteroatoms. The Hall–Kier alpha value is -2.29. The number of carbonyl (C=O) groups excluding carboxylic acids is 1. The van der Waals surface area contributed by atoms with Gasteiger partial charge < -0.3 is 4.90 Å². The molecule has 0 aliphatic rings. The molecule has 1 aromatic heterocycles. The van der Waals surface area contributed by atoms with E-state index in [9.17, 15) is 13.2 Å². The predicted molar refractivity (Wildman–Crippen MR) is 114 cm³/mol. The smallest absolute Gasteiger partial charge is 0.261 e. The van der Waals surface area contributed by atoms with E-state index in [4.69, 9.17) is 0 Å². The van der Waals surface area contributed by atoms with Gasteiger partial charge in [0, 0.05) is 19.3 Å². The van der Waals surface area contributed by atoms with Gasteiger partial charge >= 0.3 is 0 Å². The molecule has 0 fully saturated rings. The van der Waals surface area contributed by atoms with Gasteiger partial charge in [-0.3, -0.25) is 9.69 Å². The average Bonchev–Trinajstić information content (AvgIpc) is 3.03. The van der Waals surface area contributed by atoms with Crippen LogP contribution in [0, 0.1) is 6.92 Å². The zero-order valence-electron chi connectivity index (χ0n) is 16.3. The molecule has 1 heterocycles. The van der Waals surface area contributed by atoms with Gasteiger partial charge in [0.15, 0.2) is 15.0 Å². The Balaban J connectivity index is 2.08. The van der Waals surface area contributed by atoms with E-state index in [2.05, 4.69) is 4.98 Å². The molecule has 0 spiro atoms. The molecule has 0 aliphatic carbocycles. The quantitative estimate of drug-likeness (QED) is 0.616.